The van der Waals surface area contributed by atoms with Crippen molar-refractivity contribution in [2.24, 2.45) is 5.10 Å². The normalized spacial score (nSPS) is 16.1. The number of hydrazone groups is 1. The molecule has 7 heteroatoms. The maximum Gasteiger partial charge on any atom is 0.416 e. The Balaban J connectivity index is 1.90. The molecule has 0 N–H and O–H groups in total. The highest BCUT2D eigenvalue weighted by molar-refractivity contribution is 6.32. The van der Waals surface area contributed by atoms with Gasteiger partial charge in [0.1, 0.15) is 0 Å². The van der Waals surface area contributed by atoms with E-state index in [9.17, 15) is 18.0 Å². The molecule has 27 heavy (non-hydrogen) atoms. The van der Waals surface area contributed by atoms with Crippen LogP contribution < -0.4 is 9.91 Å². The van der Waals surface area contributed by atoms with E-state index in [1.165, 1.54) is 12.1 Å². The summed E-state index contributed by atoms with van der Waals surface area (Å²) in [6.45, 7) is 1.66. The summed E-state index contributed by atoms with van der Waals surface area (Å²) in [5.41, 5.74) is 1.90. The van der Waals surface area contributed by atoms with Gasteiger partial charge in [-0.15, -0.1) is 0 Å². The van der Waals surface area contributed by atoms with Gasteiger partial charge in [0.05, 0.1) is 22.5 Å². The van der Waals surface area contributed by atoms with Gasteiger partial charge in [0.25, 0.3) is 5.91 Å². The first kappa shape index (κ1) is 18.7. The zero-order chi connectivity index (χ0) is 19.8. The van der Waals surface area contributed by atoms with Gasteiger partial charge in [0.15, 0.2) is 0 Å². The minimum Gasteiger partial charge on any atom is -0.378 e. The Bertz CT molecular complexity index is 928. The molecule has 0 atom stereocenters. The maximum atomic E-state index is 12.9. The Labute approximate surface area is 155 Å². The Hall–Kier alpha value is -3.09. The van der Waals surface area contributed by atoms with Gasteiger partial charge in [-0.25, -0.2) is 0 Å². The average Bonchev–Trinajstić information content (AvgIpc) is 2.90. The van der Waals surface area contributed by atoms with Gasteiger partial charge in [0, 0.05) is 19.8 Å². The smallest absolute Gasteiger partial charge is 0.378 e. The van der Waals surface area contributed by atoms with Gasteiger partial charge < -0.3 is 4.90 Å². The van der Waals surface area contributed by atoms with E-state index in [0.717, 1.165) is 28.4 Å². The summed E-state index contributed by atoms with van der Waals surface area (Å²) in [5, 5.41) is 5.15. The minimum absolute atomic E-state index is 0.0838. The molecule has 0 fully saturated rings. The molecule has 0 bridgehead atoms. The fourth-order valence-corrected chi connectivity index (χ4v) is 2.71. The van der Waals surface area contributed by atoms with Crippen LogP contribution in [0.25, 0.3) is 6.08 Å². The lowest BCUT2D eigenvalue weighted by molar-refractivity contribution is -0.137. The third-order valence-electron chi connectivity index (χ3n) is 4.20. The number of halogens is 3. The molecule has 4 nitrogen and oxygen atoms in total. The van der Waals surface area contributed by atoms with Crippen molar-refractivity contribution in [3.63, 3.8) is 0 Å². The van der Waals surface area contributed by atoms with E-state index in [1.807, 2.05) is 43.3 Å². The van der Waals surface area contributed by atoms with Crippen molar-refractivity contribution < 1.29 is 18.0 Å². The monoisotopic (exact) mass is 373 g/mol. The predicted octanol–water partition coefficient (Wildman–Crippen LogP) is 4.58. The molecule has 2 aromatic rings. The molecule has 1 heterocycles. The van der Waals surface area contributed by atoms with E-state index in [4.69, 9.17) is 0 Å². The highest BCUT2D eigenvalue weighted by atomic mass is 19.4. The van der Waals surface area contributed by atoms with E-state index in [0.29, 0.717) is 11.3 Å². The largest absolute Gasteiger partial charge is 0.416 e. The molecular weight excluding hydrogens is 355 g/mol. The zero-order valence-electron chi connectivity index (χ0n) is 15.1. The Morgan fingerprint density at radius 3 is 2.33 bits per heavy atom. The van der Waals surface area contributed by atoms with Crippen LogP contribution in [0.1, 0.15) is 18.1 Å². The van der Waals surface area contributed by atoms with E-state index in [1.54, 1.807) is 13.0 Å². The standard InChI is InChI=1S/C20H18F3N3O/c1-13-18(11-14-7-9-16(10-8-14)25(2)3)19(27)26(24-13)17-6-4-5-15(12-17)20(21,22)23/h4-12H,1-3H3. The average molecular weight is 373 g/mol. The first-order valence-corrected chi connectivity index (χ1v) is 8.23. The number of carbonyl (C=O) groups excluding carboxylic acids is 1. The number of nitrogens with zero attached hydrogens (tertiary/aromatic N) is 3. The summed E-state index contributed by atoms with van der Waals surface area (Å²) in [6.07, 6.45) is -2.79. The molecule has 0 radical (unpaired) electrons. The molecule has 2 aromatic carbocycles. The predicted molar refractivity (Wildman–Crippen MR) is 101 cm³/mol. The lowest BCUT2D eigenvalue weighted by atomic mass is 10.1. The molecule has 140 valence electrons. The molecule has 0 aromatic heterocycles. The molecule has 3 rings (SSSR count). The van der Waals surface area contributed by atoms with Crippen LogP contribution in [0.2, 0.25) is 0 Å². The fraction of sp³-hybridized carbons (Fsp3) is 0.200. The fourth-order valence-electron chi connectivity index (χ4n) is 2.71. The number of benzene rings is 2. The molecule has 1 aliphatic rings. The molecule has 0 aliphatic carbocycles. The van der Waals surface area contributed by atoms with Crippen molar-refractivity contribution >= 4 is 29.1 Å². The first-order valence-electron chi connectivity index (χ1n) is 8.23. The van der Waals surface area contributed by atoms with Gasteiger partial charge in [0.2, 0.25) is 0 Å². The number of carbonyl (C=O) groups is 1. The van der Waals surface area contributed by atoms with E-state index < -0.39 is 17.6 Å². The Morgan fingerprint density at radius 1 is 1.07 bits per heavy atom. The molecule has 1 aliphatic heterocycles. The summed E-state index contributed by atoms with van der Waals surface area (Å²) in [5.74, 6) is -0.455. The lowest BCUT2D eigenvalue weighted by Crippen LogP contribution is -2.21. The summed E-state index contributed by atoms with van der Waals surface area (Å²) in [4.78, 5) is 14.7. The molecule has 1 amide bonds. The van der Waals surface area contributed by atoms with Crippen LogP contribution in [0.4, 0.5) is 24.5 Å². The molecule has 0 spiro atoms. The van der Waals surface area contributed by atoms with E-state index in [-0.39, 0.29) is 5.69 Å². The van der Waals surface area contributed by atoms with Crippen LogP contribution in [0.5, 0.6) is 0 Å². The highest BCUT2D eigenvalue weighted by Gasteiger charge is 2.33. The number of hydrogen-bond donors (Lipinski definition) is 0. The minimum atomic E-state index is -4.48. The zero-order valence-corrected chi connectivity index (χ0v) is 15.1. The van der Waals surface area contributed by atoms with Crippen molar-refractivity contribution in [3.05, 3.63) is 65.2 Å². The molecule has 0 saturated carbocycles. The second kappa shape index (κ2) is 6.90. The second-order valence-electron chi connectivity index (χ2n) is 6.39. The Kier molecular flexibility index (Phi) is 4.78. The first-order chi connectivity index (χ1) is 12.7. The number of hydrogen-bond acceptors (Lipinski definition) is 3. The van der Waals surface area contributed by atoms with Crippen LogP contribution in [0.3, 0.4) is 0 Å². The SMILES string of the molecule is CC1=NN(c2cccc(C(F)(F)F)c2)C(=O)C1=Cc1ccc(N(C)C)cc1. The van der Waals surface area contributed by atoms with Crippen molar-refractivity contribution in [2.45, 2.75) is 13.1 Å². The van der Waals surface area contributed by atoms with Crippen molar-refractivity contribution in [3.8, 4) is 0 Å². The maximum absolute atomic E-state index is 12.9. The Morgan fingerprint density at radius 2 is 1.74 bits per heavy atom. The van der Waals surface area contributed by atoms with Crippen LogP contribution in [0, 0.1) is 0 Å². The van der Waals surface area contributed by atoms with Crippen molar-refractivity contribution in [1.29, 1.82) is 0 Å². The number of amides is 1. The van der Waals surface area contributed by atoms with Crippen LogP contribution in [-0.2, 0) is 11.0 Å². The van der Waals surface area contributed by atoms with Crippen molar-refractivity contribution in [2.75, 3.05) is 24.0 Å². The third-order valence-corrected chi connectivity index (χ3v) is 4.20. The number of alkyl halides is 3. The molecule has 0 unspecified atom stereocenters. The van der Waals surface area contributed by atoms with Crippen LogP contribution in [0.15, 0.2) is 59.2 Å². The summed E-state index contributed by atoms with van der Waals surface area (Å²) in [7, 11) is 3.86. The van der Waals surface area contributed by atoms with Crippen molar-refractivity contribution in [1.82, 2.24) is 0 Å². The quantitative estimate of drug-likeness (QED) is 0.739. The summed E-state index contributed by atoms with van der Waals surface area (Å²) >= 11 is 0. The van der Waals surface area contributed by atoms with Gasteiger partial charge in [-0.05, 0) is 48.9 Å². The lowest BCUT2D eigenvalue weighted by Gasteiger charge is -2.14. The number of anilines is 2. The van der Waals surface area contributed by atoms with Gasteiger partial charge in [-0.2, -0.15) is 23.3 Å². The van der Waals surface area contributed by atoms with Crippen LogP contribution in [-0.4, -0.2) is 25.7 Å². The van der Waals surface area contributed by atoms with E-state index >= 15 is 0 Å². The summed E-state index contributed by atoms with van der Waals surface area (Å²) in [6, 6.07) is 12.2. The molecule has 0 saturated heterocycles. The van der Waals surface area contributed by atoms with Gasteiger partial charge in [-0.1, -0.05) is 18.2 Å². The molecular formula is C20H18F3N3O. The van der Waals surface area contributed by atoms with Gasteiger partial charge in [-0.3, -0.25) is 4.79 Å². The second-order valence-corrected chi connectivity index (χ2v) is 6.39. The number of rotatable bonds is 3. The van der Waals surface area contributed by atoms with Crippen LogP contribution >= 0.6 is 0 Å². The third kappa shape index (κ3) is 3.86. The van der Waals surface area contributed by atoms with E-state index in [2.05, 4.69) is 5.10 Å². The van der Waals surface area contributed by atoms with Gasteiger partial charge >= 0.3 is 6.18 Å². The summed E-state index contributed by atoms with van der Waals surface area (Å²) < 4.78 is 38.8. The topological polar surface area (TPSA) is 35.9 Å². The highest BCUT2D eigenvalue weighted by Crippen LogP contribution is 2.33.